The molecule has 0 aliphatic carbocycles. The van der Waals surface area contributed by atoms with Gasteiger partial charge in [-0.3, -0.25) is 4.79 Å². The summed E-state index contributed by atoms with van der Waals surface area (Å²) in [6.45, 7) is 2.98. The van der Waals surface area contributed by atoms with Crippen molar-refractivity contribution in [3.05, 3.63) is 53.9 Å². The van der Waals surface area contributed by atoms with E-state index in [2.05, 4.69) is 15.2 Å². The van der Waals surface area contributed by atoms with Gasteiger partial charge in [-0.15, -0.1) is 0 Å². The largest absolute Gasteiger partial charge is 0.465 e. The number of aromatic nitrogens is 1. The van der Waals surface area contributed by atoms with Gasteiger partial charge in [0.2, 0.25) is 0 Å². The number of rotatable bonds is 4. The molecule has 0 unspecified atom stereocenters. The Morgan fingerprint density at radius 3 is 2.60 bits per heavy atom. The first kappa shape index (κ1) is 16.9. The SMILES string of the molecule is COC(=O)c1ccccc1NC(=O)c1ccc(N2CCOCC2)cn1. The van der Waals surface area contributed by atoms with E-state index in [1.807, 2.05) is 6.07 Å². The van der Waals surface area contributed by atoms with Gasteiger partial charge in [0.15, 0.2) is 0 Å². The van der Waals surface area contributed by atoms with Crippen molar-refractivity contribution in [2.45, 2.75) is 0 Å². The molecule has 25 heavy (non-hydrogen) atoms. The van der Waals surface area contributed by atoms with Gasteiger partial charge in [0.05, 0.1) is 43.5 Å². The highest BCUT2D eigenvalue weighted by atomic mass is 16.5. The lowest BCUT2D eigenvalue weighted by atomic mass is 10.1. The lowest BCUT2D eigenvalue weighted by molar-refractivity contribution is 0.0602. The zero-order valence-electron chi connectivity index (χ0n) is 13.9. The zero-order valence-corrected chi connectivity index (χ0v) is 13.9. The Morgan fingerprint density at radius 2 is 1.92 bits per heavy atom. The Balaban J connectivity index is 1.72. The molecule has 0 radical (unpaired) electrons. The predicted molar refractivity (Wildman–Crippen MR) is 93.0 cm³/mol. The number of anilines is 2. The molecule has 3 rings (SSSR count). The summed E-state index contributed by atoms with van der Waals surface area (Å²) in [5, 5.41) is 2.71. The van der Waals surface area contributed by atoms with E-state index < -0.39 is 5.97 Å². The fourth-order valence-corrected chi connectivity index (χ4v) is 2.60. The second-order valence-electron chi connectivity index (χ2n) is 5.49. The smallest absolute Gasteiger partial charge is 0.339 e. The maximum absolute atomic E-state index is 12.4. The molecule has 0 atom stereocenters. The number of ether oxygens (including phenoxy) is 2. The van der Waals surface area contributed by atoms with E-state index in [1.165, 1.54) is 7.11 Å². The number of carbonyl (C=O) groups excluding carboxylic acids is 2. The van der Waals surface area contributed by atoms with Crippen LogP contribution in [0.15, 0.2) is 42.6 Å². The van der Waals surface area contributed by atoms with Gasteiger partial charge in [0.25, 0.3) is 5.91 Å². The molecule has 1 aliphatic heterocycles. The highest BCUT2D eigenvalue weighted by Gasteiger charge is 2.16. The van der Waals surface area contributed by atoms with Crippen molar-refractivity contribution >= 4 is 23.3 Å². The fourth-order valence-electron chi connectivity index (χ4n) is 2.60. The summed E-state index contributed by atoms with van der Waals surface area (Å²) in [5.41, 5.74) is 1.91. The lowest BCUT2D eigenvalue weighted by Crippen LogP contribution is -2.36. The summed E-state index contributed by atoms with van der Waals surface area (Å²) >= 11 is 0. The Morgan fingerprint density at radius 1 is 1.16 bits per heavy atom. The number of nitrogens with one attached hydrogen (secondary N) is 1. The molecule has 1 aromatic heterocycles. The Hall–Kier alpha value is -2.93. The number of morpholine rings is 1. The molecule has 1 saturated heterocycles. The van der Waals surface area contributed by atoms with Crippen LogP contribution in [0.5, 0.6) is 0 Å². The quantitative estimate of drug-likeness (QED) is 0.856. The number of benzene rings is 1. The molecule has 1 N–H and O–H groups in total. The average Bonchev–Trinajstić information content (AvgIpc) is 2.68. The van der Waals surface area contributed by atoms with Crippen LogP contribution >= 0.6 is 0 Å². The number of amides is 1. The predicted octanol–water partition coefficient (Wildman–Crippen LogP) is 1.96. The van der Waals surface area contributed by atoms with Crippen LogP contribution in [0.4, 0.5) is 11.4 Å². The molecule has 0 bridgehead atoms. The van der Waals surface area contributed by atoms with Crippen LogP contribution in [-0.4, -0.2) is 50.3 Å². The molecule has 7 heteroatoms. The minimum atomic E-state index is -0.508. The minimum Gasteiger partial charge on any atom is -0.465 e. The molecule has 1 aliphatic rings. The van der Waals surface area contributed by atoms with Crippen LogP contribution in [0, 0.1) is 0 Å². The number of esters is 1. The molecule has 0 saturated carbocycles. The van der Waals surface area contributed by atoms with E-state index in [9.17, 15) is 9.59 Å². The van der Waals surface area contributed by atoms with Gasteiger partial charge in [-0.2, -0.15) is 0 Å². The van der Waals surface area contributed by atoms with E-state index in [1.54, 1.807) is 36.5 Å². The summed E-state index contributed by atoms with van der Waals surface area (Å²) in [6, 6.07) is 10.2. The van der Waals surface area contributed by atoms with Crippen LogP contribution in [0.3, 0.4) is 0 Å². The van der Waals surface area contributed by atoms with Crippen molar-refractivity contribution in [3.63, 3.8) is 0 Å². The molecular weight excluding hydrogens is 322 g/mol. The summed E-state index contributed by atoms with van der Waals surface area (Å²) < 4.78 is 10.1. The Labute approximate surface area is 145 Å². The molecule has 130 valence electrons. The summed E-state index contributed by atoms with van der Waals surface area (Å²) in [4.78, 5) is 30.6. The van der Waals surface area contributed by atoms with Gasteiger partial charge in [0, 0.05) is 13.1 Å². The van der Waals surface area contributed by atoms with Crippen LogP contribution < -0.4 is 10.2 Å². The standard InChI is InChI=1S/C18H19N3O4/c1-24-18(23)14-4-2-3-5-15(14)20-17(22)16-7-6-13(12-19-16)21-8-10-25-11-9-21/h2-7,12H,8-11H2,1H3,(H,20,22). The van der Waals surface area contributed by atoms with Crippen molar-refractivity contribution in [2.24, 2.45) is 0 Å². The van der Waals surface area contributed by atoms with Crippen molar-refractivity contribution in [2.75, 3.05) is 43.6 Å². The molecule has 2 heterocycles. The van der Waals surface area contributed by atoms with Gasteiger partial charge in [-0.1, -0.05) is 12.1 Å². The third-order valence-electron chi connectivity index (χ3n) is 3.94. The average molecular weight is 341 g/mol. The Kier molecular flexibility index (Phi) is 5.25. The zero-order chi connectivity index (χ0) is 17.6. The maximum Gasteiger partial charge on any atom is 0.339 e. The molecule has 2 aromatic rings. The van der Waals surface area contributed by atoms with E-state index in [4.69, 9.17) is 9.47 Å². The second-order valence-corrected chi connectivity index (χ2v) is 5.49. The van der Waals surface area contributed by atoms with E-state index in [0.29, 0.717) is 24.5 Å². The second kappa shape index (κ2) is 7.76. The van der Waals surface area contributed by atoms with Gasteiger partial charge in [-0.05, 0) is 24.3 Å². The molecule has 0 spiro atoms. The topological polar surface area (TPSA) is 80.8 Å². The van der Waals surface area contributed by atoms with Crippen LogP contribution in [0.1, 0.15) is 20.8 Å². The third kappa shape index (κ3) is 3.95. The first-order chi connectivity index (χ1) is 12.2. The fraction of sp³-hybridized carbons (Fsp3) is 0.278. The van der Waals surface area contributed by atoms with E-state index in [0.717, 1.165) is 18.8 Å². The third-order valence-corrected chi connectivity index (χ3v) is 3.94. The number of para-hydroxylation sites is 1. The number of hydrogen-bond donors (Lipinski definition) is 1. The van der Waals surface area contributed by atoms with Gasteiger partial charge in [0.1, 0.15) is 5.69 Å². The van der Waals surface area contributed by atoms with Crippen LogP contribution in [-0.2, 0) is 9.47 Å². The molecule has 7 nitrogen and oxygen atoms in total. The number of pyridine rings is 1. The lowest BCUT2D eigenvalue weighted by Gasteiger charge is -2.28. The minimum absolute atomic E-state index is 0.275. The van der Waals surface area contributed by atoms with Gasteiger partial charge in [-0.25, -0.2) is 9.78 Å². The number of methoxy groups -OCH3 is 1. The number of carbonyl (C=O) groups is 2. The number of hydrogen-bond acceptors (Lipinski definition) is 6. The Bertz CT molecular complexity index is 755. The molecule has 1 aromatic carbocycles. The normalized spacial score (nSPS) is 14.0. The highest BCUT2D eigenvalue weighted by molar-refractivity contribution is 6.07. The maximum atomic E-state index is 12.4. The van der Waals surface area contributed by atoms with Crippen molar-refractivity contribution in [1.82, 2.24) is 4.98 Å². The van der Waals surface area contributed by atoms with Crippen molar-refractivity contribution in [1.29, 1.82) is 0 Å². The molecule has 1 amide bonds. The first-order valence-corrected chi connectivity index (χ1v) is 7.96. The molecule has 1 fully saturated rings. The van der Waals surface area contributed by atoms with Crippen LogP contribution in [0.2, 0.25) is 0 Å². The van der Waals surface area contributed by atoms with Crippen LogP contribution in [0.25, 0.3) is 0 Å². The summed E-state index contributed by atoms with van der Waals surface area (Å²) in [5.74, 6) is -0.892. The van der Waals surface area contributed by atoms with E-state index >= 15 is 0 Å². The first-order valence-electron chi connectivity index (χ1n) is 7.96. The monoisotopic (exact) mass is 341 g/mol. The summed E-state index contributed by atoms with van der Waals surface area (Å²) in [6.07, 6.45) is 1.67. The number of nitrogens with zero attached hydrogens (tertiary/aromatic N) is 2. The van der Waals surface area contributed by atoms with Gasteiger partial charge >= 0.3 is 5.97 Å². The van der Waals surface area contributed by atoms with Gasteiger partial charge < -0.3 is 19.7 Å². The van der Waals surface area contributed by atoms with E-state index in [-0.39, 0.29) is 11.6 Å². The van der Waals surface area contributed by atoms with Crippen molar-refractivity contribution < 1.29 is 19.1 Å². The molecular formula is C18H19N3O4. The highest BCUT2D eigenvalue weighted by Crippen LogP contribution is 2.18. The van der Waals surface area contributed by atoms with Crippen molar-refractivity contribution in [3.8, 4) is 0 Å². The summed E-state index contributed by atoms with van der Waals surface area (Å²) in [7, 11) is 1.30.